The lowest BCUT2D eigenvalue weighted by Crippen LogP contribution is -2.12. The summed E-state index contributed by atoms with van der Waals surface area (Å²) in [7, 11) is 0.240. The molecule has 0 aliphatic rings. The Morgan fingerprint density at radius 1 is 1.22 bits per heavy atom. The molecule has 0 fully saturated rings. The van der Waals surface area contributed by atoms with E-state index < -0.39 is 10.1 Å². The van der Waals surface area contributed by atoms with Gasteiger partial charge < -0.3 is 4.90 Å². The van der Waals surface area contributed by atoms with Crippen LogP contribution in [0.3, 0.4) is 0 Å². The smallest absolute Gasteiger partial charge is 0.297 e. The first-order valence-electron chi connectivity index (χ1n) is 6.12. The molecule has 0 N–H and O–H groups in total. The number of rotatable bonds is 6. The highest BCUT2D eigenvalue weighted by atomic mass is 32.2. The third-order valence-corrected chi connectivity index (χ3v) is 4.11. The molecule has 5 heteroatoms. The monoisotopic (exact) mass is 271 g/mol. The Balaban J connectivity index is 3.27. The van der Waals surface area contributed by atoms with E-state index in [2.05, 4.69) is 0 Å². The molecule has 18 heavy (non-hydrogen) atoms. The topological polar surface area (TPSA) is 46.6 Å². The summed E-state index contributed by atoms with van der Waals surface area (Å²) >= 11 is 0. The normalized spacial score (nSPS) is 11.6. The van der Waals surface area contributed by atoms with Crippen molar-refractivity contribution >= 4 is 15.8 Å². The molecule has 0 aliphatic heterocycles. The van der Waals surface area contributed by atoms with Crippen LogP contribution in [0, 0.1) is 0 Å². The maximum Gasteiger partial charge on any atom is 0.297 e. The average Bonchev–Trinajstić information content (AvgIpc) is 2.29. The summed E-state index contributed by atoms with van der Waals surface area (Å²) < 4.78 is 28.8. The predicted octanol–water partition coefficient (Wildman–Crippen LogP) is 2.43. The fourth-order valence-electron chi connectivity index (χ4n) is 1.77. The Morgan fingerprint density at radius 3 is 2.39 bits per heavy atom. The van der Waals surface area contributed by atoms with Crippen molar-refractivity contribution in [2.24, 2.45) is 0 Å². The molecule has 0 saturated heterocycles. The highest BCUT2D eigenvalue weighted by molar-refractivity contribution is 7.86. The Labute approximate surface area is 110 Å². The summed E-state index contributed by atoms with van der Waals surface area (Å²) in [6.45, 7) is 3.86. The van der Waals surface area contributed by atoms with Crippen molar-refractivity contribution in [2.45, 2.75) is 31.6 Å². The number of hydrogen-bond donors (Lipinski definition) is 0. The Hall–Kier alpha value is -1.07. The molecule has 4 nitrogen and oxygen atoms in total. The molecule has 0 spiro atoms. The van der Waals surface area contributed by atoms with Crippen LogP contribution in [0.25, 0.3) is 0 Å². The molecule has 0 saturated carbocycles. The summed E-state index contributed by atoms with van der Waals surface area (Å²) in [4.78, 5) is 2.24. The fourth-order valence-corrected chi connectivity index (χ4v) is 2.93. The van der Waals surface area contributed by atoms with Crippen molar-refractivity contribution in [3.63, 3.8) is 0 Å². The maximum absolute atomic E-state index is 12.0. The minimum atomic E-state index is -3.62. The van der Waals surface area contributed by atoms with Crippen LogP contribution in [-0.4, -0.2) is 29.1 Å². The summed E-state index contributed by atoms with van der Waals surface area (Å²) in [6, 6.07) is 5.34. The van der Waals surface area contributed by atoms with E-state index >= 15 is 0 Å². The van der Waals surface area contributed by atoms with Gasteiger partial charge in [-0.3, -0.25) is 4.18 Å². The number of hydrogen-bond acceptors (Lipinski definition) is 4. The number of aryl methyl sites for hydroxylation is 1. The summed E-state index contributed by atoms with van der Waals surface area (Å²) in [5.74, 6) is 0. The lowest BCUT2D eigenvalue weighted by molar-refractivity contribution is 0.337. The third-order valence-electron chi connectivity index (χ3n) is 2.62. The van der Waals surface area contributed by atoms with Gasteiger partial charge in [-0.05, 0) is 37.1 Å². The van der Waals surface area contributed by atoms with Crippen LogP contribution in [0.15, 0.2) is 23.1 Å². The van der Waals surface area contributed by atoms with E-state index in [0.717, 1.165) is 24.1 Å². The lowest BCUT2D eigenvalue weighted by atomic mass is 10.1. The standard InChI is InChI=1S/C13H21NO3S/c1-5-7-11-10-12(14(3)4)8-9-13(11)18(15,16)17-6-2/h8-10H,5-7H2,1-4H3. The van der Waals surface area contributed by atoms with Gasteiger partial charge >= 0.3 is 0 Å². The molecule has 0 unspecified atom stereocenters. The van der Waals surface area contributed by atoms with Gasteiger partial charge in [-0.2, -0.15) is 8.42 Å². The van der Waals surface area contributed by atoms with E-state index in [-0.39, 0.29) is 11.5 Å². The highest BCUT2D eigenvalue weighted by Crippen LogP contribution is 2.24. The van der Waals surface area contributed by atoms with Crippen LogP contribution in [-0.2, 0) is 20.7 Å². The van der Waals surface area contributed by atoms with E-state index in [4.69, 9.17) is 4.18 Å². The van der Waals surface area contributed by atoms with Gasteiger partial charge in [-0.15, -0.1) is 0 Å². The molecule has 1 rings (SSSR count). The van der Waals surface area contributed by atoms with Gasteiger partial charge in [-0.1, -0.05) is 13.3 Å². The van der Waals surface area contributed by atoms with Crippen molar-refractivity contribution in [1.82, 2.24) is 0 Å². The summed E-state index contributed by atoms with van der Waals surface area (Å²) in [5.41, 5.74) is 1.81. The minimum absolute atomic E-state index is 0.156. The molecule has 0 bridgehead atoms. The Morgan fingerprint density at radius 2 is 1.89 bits per heavy atom. The number of nitrogens with zero attached hydrogens (tertiary/aromatic N) is 1. The molecule has 1 aromatic rings. The van der Waals surface area contributed by atoms with E-state index in [1.54, 1.807) is 19.1 Å². The molecular formula is C13H21NO3S. The first-order valence-corrected chi connectivity index (χ1v) is 7.52. The zero-order valence-electron chi connectivity index (χ0n) is 11.4. The predicted molar refractivity (Wildman–Crippen MR) is 73.6 cm³/mol. The van der Waals surface area contributed by atoms with Crippen molar-refractivity contribution in [3.05, 3.63) is 23.8 Å². The molecular weight excluding hydrogens is 250 g/mol. The SMILES string of the molecule is CCCc1cc(N(C)C)ccc1S(=O)(=O)OCC. The van der Waals surface area contributed by atoms with Crippen LogP contribution >= 0.6 is 0 Å². The molecule has 0 atom stereocenters. The van der Waals surface area contributed by atoms with Crippen LogP contribution in [0.4, 0.5) is 5.69 Å². The van der Waals surface area contributed by atoms with Gasteiger partial charge in [0.15, 0.2) is 0 Å². The van der Waals surface area contributed by atoms with Crippen molar-refractivity contribution in [1.29, 1.82) is 0 Å². The second-order valence-electron chi connectivity index (χ2n) is 4.30. The summed E-state index contributed by atoms with van der Waals surface area (Å²) in [6.07, 6.45) is 1.62. The lowest BCUT2D eigenvalue weighted by Gasteiger charge is -2.16. The number of benzene rings is 1. The first-order chi connectivity index (χ1) is 8.42. The molecule has 0 heterocycles. The summed E-state index contributed by atoms with van der Waals surface area (Å²) in [5, 5.41) is 0. The van der Waals surface area contributed by atoms with Crippen LogP contribution in [0.5, 0.6) is 0 Å². The van der Waals surface area contributed by atoms with E-state index in [9.17, 15) is 8.42 Å². The largest absolute Gasteiger partial charge is 0.378 e. The molecule has 0 amide bonds. The van der Waals surface area contributed by atoms with Gasteiger partial charge in [0.2, 0.25) is 0 Å². The maximum atomic E-state index is 12.0. The quantitative estimate of drug-likeness (QED) is 0.746. The van der Waals surface area contributed by atoms with E-state index in [1.807, 2.05) is 32.0 Å². The number of anilines is 1. The van der Waals surface area contributed by atoms with E-state index in [1.165, 1.54) is 0 Å². The minimum Gasteiger partial charge on any atom is -0.378 e. The molecule has 1 aromatic carbocycles. The Bertz CT molecular complexity index is 495. The zero-order chi connectivity index (χ0) is 13.8. The van der Waals surface area contributed by atoms with Gasteiger partial charge in [0.1, 0.15) is 0 Å². The Kier molecular flexibility index (Phi) is 5.16. The van der Waals surface area contributed by atoms with Gasteiger partial charge in [0.05, 0.1) is 11.5 Å². The van der Waals surface area contributed by atoms with Gasteiger partial charge in [-0.25, -0.2) is 0 Å². The fraction of sp³-hybridized carbons (Fsp3) is 0.538. The second-order valence-corrected chi connectivity index (χ2v) is 5.88. The third kappa shape index (κ3) is 3.46. The molecule has 102 valence electrons. The van der Waals surface area contributed by atoms with Crippen LogP contribution in [0.2, 0.25) is 0 Å². The van der Waals surface area contributed by atoms with Crippen LogP contribution in [0.1, 0.15) is 25.8 Å². The molecule has 0 aromatic heterocycles. The zero-order valence-corrected chi connectivity index (χ0v) is 12.3. The van der Waals surface area contributed by atoms with Crippen LogP contribution < -0.4 is 4.90 Å². The van der Waals surface area contributed by atoms with Gasteiger partial charge in [0.25, 0.3) is 10.1 Å². The molecule has 0 aliphatic carbocycles. The second kappa shape index (κ2) is 6.20. The van der Waals surface area contributed by atoms with Gasteiger partial charge in [0, 0.05) is 19.8 Å². The first kappa shape index (κ1) is 15.0. The van der Waals surface area contributed by atoms with Crippen molar-refractivity contribution < 1.29 is 12.6 Å². The highest BCUT2D eigenvalue weighted by Gasteiger charge is 2.19. The van der Waals surface area contributed by atoms with Crippen molar-refractivity contribution in [2.75, 3.05) is 25.6 Å². The molecule has 0 radical (unpaired) electrons. The van der Waals surface area contributed by atoms with E-state index in [0.29, 0.717) is 0 Å². The van der Waals surface area contributed by atoms with Crippen molar-refractivity contribution in [3.8, 4) is 0 Å². The average molecular weight is 271 g/mol.